The zero-order chi connectivity index (χ0) is 14.3. The van der Waals surface area contributed by atoms with E-state index in [-0.39, 0.29) is 5.82 Å². The lowest BCUT2D eigenvalue weighted by Crippen LogP contribution is -2.04. The number of nitrogens with zero attached hydrogens (tertiary/aromatic N) is 1. The van der Waals surface area contributed by atoms with Crippen LogP contribution in [0.2, 0.25) is 0 Å². The van der Waals surface area contributed by atoms with Crippen LogP contribution in [-0.4, -0.2) is 9.19 Å². The topological polar surface area (TPSA) is 42.0 Å². The molecule has 1 unspecified atom stereocenters. The highest BCUT2D eigenvalue weighted by molar-refractivity contribution is 9.10. The highest BCUT2D eigenvalue weighted by Gasteiger charge is 2.04. The van der Waals surface area contributed by atoms with Crippen LogP contribution in [-0.2, 0) is 11.0 Å². The van der Waals surface area contributed by atoms with Gasteiger partial charge in [-0.25, -0.2) is 8.60 Å². The van der Waals surface area contributed by atoms with Gasteiger partial charge in [-0.2, -0.15) is 0 Å². The summed E-state index contributed by atoms with van der Waals surface area (Å²) in [6.07, 6.45) is 3.19. The van der Waals surface area contributed by atoms with Crippen molar-refractivity contribution in [3.8, 4) is 0 Å². The fourth-order valence-electron chi connectivity index (χ4n) is 1.19. The molecule has 2 rings (SSSR count). The Morgan fingerprint density at radius 2 is 1.84 bits per heavy atom. The molecule has 0 spiro atoms. The number of rotatable bonds is 3. The predicted molar refractivity (Wildman–Crippen MR) is 79.7 cm³/mol. The van der Waals surface area contributed by atoms with Gasteiger partial charge in [0.15, 0.2) is 0 Å². The summed E-state index contributed by atoms with van der Waals surface area (Å²) >= 11 is 3.27. The summed E-state index contributed by atoms with van der Waals surface area (Å²) < 4.78 is 28.1. The van der Waals surface area contributed by atoms with Gasteiger partial charge in [0, 0.05) is 10.7 Å². The van der Waals surface area contributed by atoms with E-state index in [1.807, 2.05) is 13.8 Å². The van der Waals surface area contributed by atoms with Gasteiger partial charge in [0.2, 0.25) is 0 Å². The van der Waals surface area contributed by atoms with Gasteiger partial charge in [-0.05, 0) is 46.3 Å². The second-order valence-electron chi connectivity index (χ2n) is 3.22. The van der Waals surface area contributed by atoms with Crippen LogP contribution in [0, 0.1) is 5.82 Å². The number of halogens is 2. The fraction of sp³-hybridized carbons (Fsp3) is 0.154. The Labute approximate surface area is 123 Å². The summed E-state index contributed by atoms with van der Waals surface area (Å²) in [7, 11) is -1.43. The molecule has 0 amide bonds. The van der Waals surface area contributed by atoms with Crippen LogP contribution in [0.15, 0.2) is 52.1 Å². The van der Waals surface area contributed by atoms with E-state index < -0.39 is 11.0 Å². The van der Waals surface area contributed by atoms with E-state index in [4.69, 9.17) is 0 Å². The molecule has 2 aromatic rings. The van der Waals surface area contributed by atoms with Crippen LogP contribution < -0.4 is 4.72 Å². The molecular formula is C13H14BrFN2OS. The zero-order valence-corrected chi connectivity index (χ0v) is 13.0. The summed E-state index contributed by atoms with van der Waals surface area (Å²) in [5.74, 6) is -0.352. The van der Waals surface area contributed by atoms with Crippen molar-refractivity contribution in [1.82, 2.24) is 4.98 Å². The van der Waals surface area contributed by atoms with Gasteiger partial charge < -0.3 is 0 Å². The number of hydrogen-bond donors (Lipinski definition) is 1. The van der Waals surface area contributed by atoms with Crippen molar-refractivity contribution in [1.29, 1.82) is 0 Å². The lowest BCUT2D eigenvalue weighted by molar-refractivity contribution is 0.626. The minimum absolute atomic E-state index is 0.352. The molecule has 3 nitrogen and oxygen atoms in total. The van der Waals surface area contributed by atoms with E-state index in [0.29, 0.717) is 10.6 Å². The Bertz CT molecular complexity index is 549. The third kappa shape index (κ3) is 5.08. The predicted octanol–water partition coefficient (Wildman–Crippen LogP) is 4.14. The number of aromatic nitrogens is 1. The van der Waals surface area contributed by atoms with Gasteiger partial charge in [-0.15, -0.1) is 0 Å². The van der Waals surface area contributed by atoms with Gasteiger partial charge in [0.1, 0.15) is 16.8 Å². The maximum atomic E-state index is 12.7. The minimum Gasteiger partial charge on any atom is -0.300 e. The molecule has 0 aliphatic carbocycles. The first-order chi connectivity index (χ1) is 9.15. The van der Waals surface area contributed by atoms with Crippen LogP contribution in [0.25, 0.3) is 0 Å². The molecule has 1 heterocycles. The zero-order valence-electron chi connectivity index (χ0n) is 10.6. The van der Waals surface area contributed by atoms with E-state index in [9.17, 15) is 8.60 Å². The number of nitrogens with one attached hydrogen (secondary N) is 1. The lowest BCUT2D eigenvalue weighted by atomic mass is 10.4. The van der Waals surface area contributed by atoms with Gasteiger partial charge >= 0.3 is 0 Å². The van der Waals surface area contributed by atoms with Crippen molar-refractivity contribution < 1.29 is 8.60 Å². The average Bonchev–Trinajstić information content (AvgIpc) is 2.41. The summed E-state index contributed by atoms with van der Waals surface area (Å²) in [5, 5.41) is 0. The number of benzene rings is 1. The first-order valence-electron chi connectivity index (χ1n) is 5.70. The standard InChI is InChI=1S/C11H8BrFN2OS.C2H6/c12-8-5-10(7-14-6-8)15-17(16)11-3-1-9(13)2-4-11;1-2/h1-7,15H;1-2H3. The highest BCUT2D eigenvalue weighted by Crippen LogP contribution is 2.16. The summed E-state index contributed by atoms with van der Waals surface area (Å²) in [4.78, 5) is 4.45. The Morgan fingerprint density at radius 1 is 1.21 bits per heavy atom. The monoisotopic (exact) mass is 344 g/mol. The van der Waals surface area contributed by atoms with Crippen molar-refractivity contribution in [2.45, 2.75) is 18.7 Å². The molecule has 0 aliphatic rings. The van der Waals surface area contributed by atoms with Crippen LogP contribution >= 0.6 is 15.9 Å². The van der Waals surface area contributed by atoms with Crippen LogP contribution in [0.4, 0.5) is 10.1 Å². The normalized spacial score (nSPS) is 11.2. The van der Waals surface area contributed by atoms with Crippen LogP contribution in [0.5, 0.6) is 0 Å². The van der Waals surface area contributed by atoms with E-state index in [0.717, 1.165) is 4.47 Å². The summed E-state index contributed by atoms with van der Waals surface area (Å²) in [5.41, 5.74) is 0.627. The first-order valence-corrected chi connectivity index (χ1v) is 7.64. The largest absolute Gasteiger partial charge is 0.300 e. The molecule has 1 N–H and O–H groups in total. The quantitative estimate of drug-likeness (QED) is 0.908. The number of hydrogen-bond acceptors (Lipinski definition) is 2. The number of anilines is 1. The maximum Gasteiger partial charge on any atom is 0.150 e. The fourth-order valence-corrected chi connectivity index (χ4v) is 2.38. The van der Waals surface area contributed by atoms with E-state index >= 15 is 0 Å². The molecular weight excluding hydrogens is 331 g/mol. The van der Waals surface area contributed by atoms with Crippen LogP contribution in [0.1, 0.15) is 13.8 Å². The molecule has 0 saturated heterocycles. The number of pyridine rings is 1. The van der Waals surface area contributed by atoms with Gasteiger partial charge in [-0.1, -0.05) is 13.8 Å². The molecule has 0 fully saturated rings. The summed E-state index contributed by atoms with van der Waals surface area (Å²) in [6, 6.07) is 7.25. The molecule has 1 atom stereocenters. The molecule has 19 heavy (non-hydrogen) atoms. The molecule has 1 aromatic heterocycles. The van der Waals surface area contributed by atoms with Gasteiger partial charge in [0.05, 0.1) is 16.8 Å². The molecule has 0 bridgehead atoms. The first kappa shape index (κ1) is 15.8. The van der Waals surface area contributed by atoms with Crippen molar-refractivity contribution in [3.05, 3.63) is 53.0 Å². The molecule has 0 radical (unpaired) electrons. The Hall–Kier alpha value is -1.27. The maximum absolute atomic E-state index is 12.7. The second kappa shape index (κ2) is 8.01. The van der Waals surface area contributed by atoms with E-state index in [1.165, 1.54) is 24.3 Å². The Kier molecular flexibility index (Phi) is 6.66. The lowest BCUT2D eigenvalue weighted by Gasteiger charge is -2.05. The Balaban J connectivity index is 0.000000861. The van der Waals surface area contributed by atoms with Crippen molar-refractivity contribution >= 4 is 32.6 Å². The van der Waals surface area contributed by atoms with Crippen molar-refractivity contribution in [3.63, 3.8) is 0 Å². The van der Waals surface area contributed by atoms with Gasteiger partial charge in [0.25, 0.3) is 0 Å². The third-order valence-electron chi connectivity index (χ3n) is 1.94. The highest BCUT2D eigenvalue weighted by atomic mass is 79.9. The molecule has 0 aliphatic heterocycles. The SMILES string of the molecule is CC.O=S(Nc1cncc(Br)c1)c1ccc(F)cc1. The minimum atomic E-state index is -1.43. The second-order valence-corrected chi connectivity index (χ2v) is 5.35. The molecule has 0 saturated carbocycles. The van der Waals surface area contributed by atoms with Crippen molar-refractivity contribution in [2.24, 2.45) is 0 Å². The smallest absolute Gasteiger partial charge is 0.150 e. The molecule has 1 aromatic carbocycles. The molecule has 6 heteroatoms. The Morgan fingerprint density at radius 3 is 2.42 bits per heavy atom. The van der Waals surface area contributed by atoms with Gasteiger partial charge in [-0.3, -0.25) is 9.71 Å². The summed E-state index contributed by atoms with van der Waals surface area (Å²) in [6.45, 7) is 4.00. The van der Waals surface area contributed by atoms with E-state index in [1.54, 1.807) is 18.5 Å². The van der Waals surface area contributed by atoms with Crippen LogP contribution in [0.3, 0.4) is 0 Å². The molecule has 102 valence electrons. The third-order valence-corrected chi connectivity index (χ3v) is 3.50. The van der Waals surface area contributed by atoms with E-state index in [2.05, 4.69) is 25.6 Å². The van der Waals surface area contributed by atoms with Crippen molar-refractivity contribution in [2.75, 3.05) is 4.72 Å². The average molecular weight is 345 g/mol.